The van der Waals surface area contributed by atoms with Crippen molar-refractivity contribution in [3.8, 4) is 0 Å². The minimum atomic E-state index is -5.53. The van der Waals surface area contributed by atoms with Crippen molar-refractivity contribution in [3.05, 3.63) is 64.7 Å². The Morgan fingerprint density at radius 1 is 1.07 bits per heavy atom. The largest absolute Gasteiger partial charge is 0.516 e. The SMILES string of the molecule is O=C1c2c(F)cc(F)cc2CCN1Cc1ccc(NS(=O)(=O)C(F)(F)F)cc1. The van der Waals surface area contributed by atoms with Crippen LogP contribution in [0.1, 0.15) is 21.5 Å². The number of hydrogen-bond donors (Lipinski definition) is 1. The maximum atomic E-state index is 14.0. The standard InChI is InChI=1S/C17H13F5N2O3S/c18-12-7-11-5-6-24(16(25)15(11)14(19)8-12)9-10-1-3-13(4-2-10)23-28(26,27)17(20,21)22/h1-4,7-8,23H,5-6,9H2. The van der Waals surface area contributed by atoms with E-state index < -0.39 is 33.1 Å². The van der Waals surface area contributed by atoms with Crippen molar-refractivity contribution < 1.29 is 35.2 Å². The molecule has 28 heavy (non-hydrogen) atoms. The molecule has 5 nitrogen and oxygen atoms in total. The normalized spacial score (nSPS) is 14.8. The summed E-state index contributed by atoms with van der Waals surface area (Å²) in [6, 6.07) is 6.67. The maximum absolute atomic E-state index is 14.0. The van der Waals surface area contributed by atoms with Gasteiger partial charge in [0.2, 0.25) is 0 Å². The molecule has 1 amide bonds. The van der Waals surface area contributed by atoms with E-state index in [0.29, 0.717) is 11.6 Å². The fourth-order valence-electron chi connectivity index (χ4n) is 2.84. The molecule has 2 aromatic carbocycles. The number of alkyl halides is 3. The van der Waals surface area contributed by atoms with E-state index in [1.807, 2.05) is 0 Å². The van der Waals surface area contributed by atoms with Gasteiger partial charge in [-0.2, -0.15) is 21.6 Å². The summed E-state index contributed by atoms with van der Waals surface area (Å²) in [5, 5.41) is 0. The second-order valence-corrected chi connectivity index (χ2v) is 7.82. The summed E-state index contributed by atoms with van der Waals surface area (Å²) >= 11 is 0. The molecule has 1 heterocycles. The molecular weight excluding hydrogens is 407 g/mol. The van der Waals surface area contributed by atoms with E-state index in [2.05, 4.69) is 0 Å². The molecule has 0 saturated heterocycles. The van der Waals surface area contributed by atoms with Gasteiger partial charge in [0.15, 0.2) is 0 Å². The number of benzene rings is 2. The molecule has 11 heteroatoms. The number of nitrogens with one attached hydrogen (secondary N) is 1. The van der Waals surface area contributed by atoms with Crippen LogP contribution in [0.4, 0.5) is 27.6 Å². The summed E-state index contributed by atoms with van der Waals surface area (Å²) in [5.41, 5.74) is -5.17. The minimum Gasteiger partial charge on any atom is -0.334 e. The molecule has 150 valence electrons. The van der Waals surface area contributed by atoms with Gasteiger partial charge in [-0.15, -0.1) is 0 Å². The van der Waals surface area contributed by atoms with Crippen LogP contribution < -0.4 is 4.72 Å². The first-order valence-corrected chi connectivity index (χ1v) is 9.41. The predicted molar refractivity (Wildman–Crippen MR) is 89.8 cm³/mol. The van der Waals surface area contributed by atoms with Gasteiger partial charge < -0.3 is 4.90 Å². The molecule has 0 aliphatic carbocycles. The molecule has 0 fully saturated rings. The molecule has 3 rings (SSSR count). The van der Waals surface area contributed by atoms with E-state index in [4.69, 9.17) is 0 Å². The third-order valence-electron chi connectivity index (χ3n) is 4.17. The number of hydrogen-bond acceptors (Lipinski definition) is 3. The van der Waals surface area contributed by atoms with Crippen molar-refractivity contribution >= 4 is 21.6 Å². The average Bonchev–Trinajstić information content (AvgIpc) is 2.57. The first-order valence-electron chi connectivity index (χ1n) is 7.93. The van der Waals surface area contributed by atoms with Gasteiger partial charge in [0, 0.05) is 24.8 Å². The van der Waals surface area contributed by atoms with Crippen molar-refractivity contribution in [2.24, 2.45) is 0 Å². The van der Waals surface area contributed by atoms with Gasteiger partial charge in [-0.3, -0.25) is 9.52 Å². The number of halogens is 5. The Morgan fingerprint density at radius 2 is 1.71 bits per heavy atom. The van der Waals surface area contributed by atoms with Crippen LogP contribution >= 0.6 is 0 Å². The van der Waals surface area contributed by atoms with Crippen molar-refractivity contribution in [3.63, 3.8) is 0 Å². The van der Waals surface area contributed by atoms with E-state index in [9.17, 15) is 35.2 Å². The van der Waals surface area contributed by atoms with Crippen molar-refractivity contribution in [1.82, 2.24) is 4.90 Å². The fraction of sp³-hybridized carbons (Fsp3) is 0.235. The van der Waals surface area contributed by atoms with Gasteiger partial charge >= 0.3 is 15.5 Å². The minimum absolute atomic E-state index is 0.0292. The highest BCUT2D eigenvalue weighted by atomic mass is 32.2. The van der Waals surface area contributed by atoms with Gasteiger partial charge in [0.05, 0.1) is 5.56 Å². The van der Waals surface area contributed by atoms with Gasteiger partial charge in [0.1, 0.15) is 11.6 Å². The van der Waals surface area contributed by atoms with Crippen LogP contribution in [0.3, 0.4) is 0 Å². The number of nitrogens with zero attached hydrogens (tertiary/aromatic N) is 1. The molecule has 1 N–H and O–H groups in total. The summed E-state index contributed by atoms with van der Waals surface area (Å²) in [6.45, 7) is 0.235. The topological polar surface area (TPSA) is 66.5 Å². The number of sulfonamides is 1. The van der Waals surface area contributed by atoms with Gasteiger partial charge in [-0.05, 0) is 35.7 Å². The van der Waals surface area contributed by atoms with Gasteiger partial charge in [-0.25, -0.2) is 8.78 Å². The Hall–Kier alpha value is -2.69. The number of carbonyl (C=O) groups is 1. The Kier molecular flexibility index (Phi) is 5.04. The van der Waals surface area contributed by atoms with Gasteiger partial charge in [0.25, 0.3) is 5.91 Å². The Morgan fingerprint density at radius 3 is 2.32 bits per heavy atom. The molecule has 0 spiro atoms. The summed E-state index contributed by atoms with van der Waals surface area (Å²) in [7, 11) is -5.53. The zero-order valence-corrected chi connectivity index (χ0v) is 14.9. The summed E-state index contributed by atoms with van der Waals surface area (Å²) < 4.78 is 88.0. The van der Waals surface area contributed by atoms with Crippen LogP contribution in [0.15, 0.2) is 36.4 Å². The van der Waals surface area contributed by atoms with E-state index in [1.54, 1.807) is 0 Å². The van der Waals surface area contributed by atoms with Crippen LogP contribution in [-0.4, -0.2) is 31.3 Å². The quantitative estimate of drug-likeness (QED) is 0.771. The molecule has 0 unspecified atom stereocenters. The molecule has 1 aliphatic rings. The molecule has 0 atom stereocenters. The monoisotopic (exact) mass is 420 g/mol. The highest BCUT2D eigenvalue weighted by Crippen LogP contribution is 2.27. The average molecular weight is 420 g/mol. The Balaban J connectivity index is 1.74. The lowest BCUT2D eigenvalue weighted by atomic mass is 9.97. The number of anilines is 1. The number of carbonyl (C=O) groups excluding carboxylic acids is 1. The predicted octanol–water partition coefficient (Wildman–Crippen LogP) is 3.42. The third kappa shape index (κ3) is 3.93. The van der Waals surface area contributed by atoms with Crippen LogP contribution in [-0.2, 0) is 23.0 Å². The molecule has 2 aromatic rings. The van der Waals surface area contributed by atoms with Crippen LogP contribution in [0.25, 0.3) is 0 Å². The lowest BCUT2D eigenvalue weighted by Gasteiger charge is -2.29. The van der Waals surface area contributed by atoms with E-state index in [0.717, 1.165) is 18.2 Å². The number of fused-ring (bicyclic) bond motifs is 1. The van der Waals surface area contributed by atoms with Crippen LogP contribution in [0, 0.1) is 11.6 Å². The zero-order valence-electron chi connectivity index (χ0n) is 14.1. The highest BCUT2D eigenvalue weighted by Gasteiger charge is 2.46. The lowest BCUT2D eigenvalue weighted by Crippen LogP contribution is -2.37. The van der Waals surface area contributed by atoms with E-state index in [1.165, 1.54) is 21.8 Å². The van der Waals surface area contributed by atoms with Crippen molar-refractivity contribution in [2.45, 2.75) is 18.5 Å². The Bertz CT molecular complexity index is 1020. The molecular formula is C17H13F5N2O3S. The Labute approximate surface area is 156 Å². The molecule has 0 radical (unpaired) electrons. The third-order valence-corrected chi connectivity index (χ3v) is 5.29. The summed E-state index contributed by atoms with van der Waals surface area (Å²) in [4.78, 5) is 13.8. The van der Waals surface area contributed by atoms with E-state index in [-0.39, 0.29) is 36.3 Å². The fourth-order valence-corrected chi connectivity index (χ4v) is 3.40. The van der Waals surface area contributed by atoms with Crippen molar-refractivity contribution in [1.29, 1.82) is 0 Å². The molecule has 1 aliphatic heterocycles. The molecule has 0 saturated carbocycles. The zero-order chi connectivity index (χ0) is 20.7. The van der Waals surface area contributed by atoms with Crippen LogP contribution in [0.2, 0.25) is 0 Å². The van der Waals surface area contributed by atoms with E-state index >= 15 is 0 Å². The number of rotatable bonds is 4. The lowest BCUT2D eigenvalue weighted by molar-refractivity contribution is -0.0429. The second-order valence-electron chi connectivity index (χ2n) is 6.15. The molecule has 0 aromatic heterocycles. The molecule has 0 bridgehead atoms. The van der Waals surface area contributed by atoms with Gasteiger partial charge in [-0.1, -0.05) is 12.1 Å². The van der Waals surface area contributed by atoms with Crippen molar-refractivity contribution in [2.75, 3.05) is 11.3 Å². The second kappa shape index (κ2) is 7.04. The van der Waals surface area contributed by atoms with Crippen LogP contribution in [0.5, 0.6) is 0 Å². The summed E-state index contributed by atoms with van der Waals surface area (Å²) in [5.74, 6) is -2.35. The first-order chi connectivity index (χ1) is 13.0. The first kappa shape index (κ1) is 20.1. The smallest absolute Gasteiger partial charge is 0.334 e. The number of amides is 1. The summed E-state index contributed by atoms with van der Waals surface area (Å²) in [6.07, 6.45) is 0.249. The maximum Gasteiger partial charge on any atom is 0.516 e. The highest BCUT2D eigenvalue weighted by molar-refractivity contribution is 7.93.